The Morgan fingerprint density at radius 2 is 1.87 bits per heavy atom. The van der Waals surface area contributed by atoms with Crippen LogP contribution in [0.3, 0.4) is 0 Å². The quantitative estimate of drug-likeness (QED) is 0.323. The number of carbonyl (C=O) groups excluding carboxylic acids is 1. The Kier molecular flexibility index (Phi) is 6.33. The van der Waals surface area contributed by atoms with Crippen LogP contribution in [-0.2, 0) is 4.79 Å². The maximum absolute atomic E-state index is 13.4. The van der Waals surface area contributed by atoms with Gasteiger partial charge >= 0.3 is 0 Å². The molecule has 0 bridgehead atoms. The predicted molar refractivity (Wildman–Crippen MR) is 115 cm³/mol. The van der Waals surface area contributed by atoms with E-state index >= 15 is 0 Å². The largest absolute Gasteiger partial charge is 0.371 e. The first-order valence-electron chi connectivity index (χ1n) is 9.61. The van der Waals surface area contributed by atoms with Crippen molar-refractivity contribution >= 4 is 38.9 Å². The van der Waals surface area contributed by atoms with Crippen LogP contribution in [0.15, 0.2) is 58.3 Å². The molecule has 0 unspecified atom stereocenters. The molecular weight excluding hydrogens is 469 g/mol. The van der Waals surface area contributed by atoms with Gasteiger partial charge < -0.3 is 4.90 Å². The summed E-state index contributed by atoms with van der Waals surface area (Å²) in [4.78, 5) is 19.2. The van der Waals surface area contributed by atoms with Crippen molar-refractivity contribution in [2.45, 2.75) is 12.8 Å². The number of ketones is 1. The number of piperidine rings is 1. The molecule has 1 aromatic heterocycles. The predicted octanol–water partition coefficient (Wildman–Crippen LogP) is 3.06. The van der Waals surface area contributed by atoms with Gasteiger partial charge in [0.25, 0.3) is 0 Å². The molecule has 0 spiro atoms. The highest BCUT2D eigenvalue weighted by atomic mass is 79.9. The third-order valence-electron chi connectivity index (χ3n) is 5.18. The van der Waals surface area contributed by atoms with Crippen molar-refractivity contribution in [2.24, 2.45) is 10.9 Å². The summed E-state index contributed by atoms with van der Waals surface area (Å²) in [6.07, 6.45) is 2.79. The van der Waals surface area contributed by atoms with Gasteiger partial charge in [-0.25, -0.2) is 19.5 Å². The zero-order chi connectivity index (χ0) is 21.8. The number of tetrazole rings is 1. The Morgan fingerprint density at radius 1 is 1.16 bits per heavy atom. The first-order valence-corrected chi connectivity index (χ1v) is 10.4. The lowest BCUT2D eigenvalue weighted by Gasteiger charge is -2.33. The zero-order valence-electron chi connectivity index (χ0n) is 16.3. The van der Waals surface area contributed by atoms with Gasteiger partial charge in [-0.3, -0.25) is 10.0 Å². The van der Waals surface area contributed by atoms with E-state index in [-0.39, 0.29) is 22.0 Å². The third-order valence-corrected chi connectivity index (χ3v) is 5.79. The fourth-order valence-corrected chi connectivity index (χ4v) is 3.87. The zero-order valence-corrected chi connectivity index (χ0v) is 17.9. The molecule has 0 aliphatic carbocycles. The fourth-order valence-electron chi connectivity index (χ4n) is 3.51. The number of nitrogens with one attached hydrogen (secondary N) is 1. The van der Waals surface area contributed by atoms with Crippen molar-refractivity contribution in [3.63, 3.8) is 0 Å². The van der Waals surface area contributed by atoms with Gasteiger partial charge in [-0.05, 0) is 81.7 Å². The smallest absolute Gasteiger partial charge is 0.203 e. The SMILES string of the molecule is O=C(C(=Nc1ccc(F)c(Br)c1)NO)C1CCN(c2ccc(-n3cnnn3)cc2)CC1. The van der Waals surface area contributed by atoms with Gasteiger partial charge in [0.2, 0.25) is 5.78 Å². The van der Waals surface area contributed by atoms with Gasteiger partial charge in [-0.15, -0.1) is 5.10 Å². The van der Waals surface area contributed by atoms with Crippen LogP contribution in [0.5, 0.6) is 0 Å². The van der Waals surface area contributed by atoms with Gasteiger partial charge in [-0.1, -0.05) is 0 Å². The molecule has 0 radical (unpaired) electrons. The first kappa shape index (κ1) is 21.1. The summed E-state index contributed by atoms with van der Waals surface area (Å²) in [7, 11) is 0. The fraction of sp³-hybridized carbons (Fsp3) is 0.250. The van der Waals surface area contributed by atoms with Gasteiger partial charge in [0.1, 0.15) is 12.1 Å². The minimum atomic E-state index is -0.429. The van der Waals surface area contributed by atoms with Crippen LogP contribution in [0.1, 0.15) is 12.8 Å². The average molecular weight is 488 g/mol. The molecule has 9 nitrogen and oxygen atoms in total. The minimum absolute atomic E-state index is 0.150. The second kappa shape index (κ2) is 9.31. The minimum Gasteiger partial charge on any atom is -0.371 e. The van der Waals surface area contributed by atoms with E-state index in [0.29, 0.717) is 31.6 Å². The van der Waals surface area contributed by atoms with Gasteiger partial charge in [0.15, 0.2) is 5.84 Å². The summed E-state index contributed by atoms with van der Waals surface area (Å²) >= 11 is 3.09. The van der Waals surface area contributed by atoms with Crippen molar-refractivity contribution in [3.8, 4) is 5.69 Å². The standard InChI is InChI=1S/C20H19BrFN7O2/c21-17-11-14(1-6-18(17)22)24-20(25-31)19(30)13-7-9-28(10-8-13)15-2-4-16(5-3-15)29-12-23-26-27-29/h1-6,11-13,31H,7-10H2,(H,24,25). The van der Waals surface area contributed by atoms with Crippen molar-refractivity contribution in [1.29, 1.82) is 0 Å². The van der Waals surface area contributed by atoms with Crippen LogP contribution in [-0.4, -0.2) is 50.1 Å². The number of carbonyl (C=O) groups is 1. The van der Waals surface area contributed by atoms with Crippen LogP contribution in [0, 0.1) is 11.7 Å². The van der Waals surface area contributed by atoms with Crippen molar-refractivity contribution in [3.05, 3.63) is 59.1 Å². The molecule has 11 heteroatoms. The summed E-state index contributed by atoms with van der Waals surface area (Å²) in [5, 5.41) is 20.6. The summed E-state index contributed by atoms with van der Waals surface area (Å²) in [5.74, 6) is -1.11. The third kappa shape index (κ3) is 4.78. The van der Waals surface area contributed by atoms with E-state index in [1.54, 1.807) is 4.68 Å². The first-order chi connectivity index (χ1) is 15.0. The number of hydrogen-bond acceptors (Lipinski definition) is 7. The van der Waals surface area contributed by atoms with Crippen LogP contribution >= 0.6 is 15.9 Å². The number of Topliss-reactive ketones (excluding diaryl/α,β-unsaturated/α-hetero) is 1. The molecule has 2 heterocycles. The molecule has 1 saturated heterocycles. The Balaban J connectivity index is 1.39. The molecule has 0 atom stereocenters. The molecule has 160 valence electrons. The van der Waals surface area contributed by atoms with E-state index in [2.05, 4.69) is 41.3 Å². The van der Waals surface area contributed by atoms with Crippen molar-refractivity contribution in [2.75, 3.05) is 18.0 Å². The van der Waals surface area contributed by atoms with E-state index in [0.717, 1.165) is 11.4 Å². The number of aromatic nitrogens is 4. The molecular formula is C20H19BrFN7O2. The van der Waals surface area contributed by atoms with E-state index < -0.39 is 5.82 Å². The Labute approximate surface area is 185 Å². The van der Waals surface area contributed by atoms with Crippen LogP contribution in [0.2, 0.25) is 0 Å². The molecule has 1 aliphatic heterocycles. The molecule has 2 aromatic carbocycles. The Bertz CT molecular complexity index is 1080. The topological polar surface area (TPSA) is 109 Å². The second-order valence-electron chi connectivity index (χ2n) is 7.07. The highest BCUT2D eigenvalue weighted by Gasteiger charge is 2.28. The second-order valence-corrected chi connectivity index (χ2v) is 7.92. The number of amidine groups is 1. The summed E-state index contributed by atoms with van der Waals surface area (Å²) in [5.41, 5.74) is 4.17. The number of nitrogens with zero attached hydrogens (tertiary/aromatic N) is 6. The lowest BCUT2D eigenvalue weighted by molar-refractivity contribution is -0.117. The van der Waals surface area contributed by atoms with E-state index in [4.69, 9.17) is 0 Å². The Hall–Kier alpha value is -3.18. The number of benzene rings is 2. The maximum atomic E-state index is 13.4. The molecule has 4 rings (SSSR count). The lowest BCUT2D eigenvalue weighted by atomic mass is 9.91. The van der Waals surface area contributed by atoms with Gasteiger partial charge in [-0.2, -0.15) is 0 Å². The summed E-state index contributed by atoms with van der Waals surface area (Å²) < 4.78 is 15.2. The molecule has 0 saturated carbocycles. The molecule has 31 heavy (non-hydrogen) atoms. The maximum Gasteiger partial charge on any atom is 0.203 e. The molecule has 1 fully saturated rings. The van der Waals surface area contributed by atoms with Crippen molar-refractivity contribution < 1.29 is 14.4 Å². The average Bonchev–Trinajstić information content (AvgIpc) is 3.35. The normalized spacial score (nSPS) is 15.2. The number of hydrogen-bond donors (Lipinski definition) is 2. The summed E-state index contributed by atoms with van der Waals surface area (Å²) in [6.45, 7) is 1.39. The lowest BCUT2D eigenvalue weighted by Crippen LogP contribution is -2.41. The number of rotatable bonds is 5. The molecule has 1 aliphatic rings. The van der Waals surface area contributed by atoms with Crippen molar-refractivity contribution in [1.82, 2.24) is 25.7 Å². The number of aliphatic imine (C=N–C) groups is 1. The van der Waals surface area contributed by atoms with Crippen LogP contribution < -0.4 is 10.4 Å². The highest BCUT2D eigenvalue weighted by Crippen LogP contribution is 2.26. The molecule has 2 N–H and O–H groups in total. The van der Waals surface area contributed by atoms with Crippen LogP contribution in [0.4, 0.5) is 15.8 Å². The van der Waals surface area contributed by atoms with E-state index in [1.165, 1.54) is 24.5 Å². The molecule has 0 amide bonds. The number of hydroxylamine groups is 1. The van der Waals surface area contributed by atoms with Crippen LogP contribution in [0.25, 0.3) is 5.69 Å². The monoisotopic (exact) mass is 487 g/mol. The number of halogens is 2. The van der Waals surface area contributed by atoms with E-state index in [9.17, 15) is 14.4 Å². The van der Waals surface area contributed by atoms with E-state index in [1.807, 2.05) is 29.7 Å². The van der Waals surface area contributed by atoms with Gasteiger partial charge in [0, 0.05) is 24.7 Å². The highest BCUT2D eigenvalue weighted by molar-refractivity contribution is 9.10. The number of anilines is 1. The Morgan fingerprint density at radius 3 is 2.48 bits per heavy atom. The molecule has 3 aromatic rings. The van der Waals surface area contributed by atoms with Gasteiger partial charge in [0.05, 0.1) is 15.8 Å². The summed E-state index contributed by atoms with van der Waals surface area (Å²) in [6, 6.07) is 12.0.